The van der Waals surface area contributed by atoms with Crippen LogP contribution < -0.4 is 5.32 Å². The minimum absolute atomic E-state index is 0.0415. The summed E-state index contributed by atoms with van der Waals surface area (Å²) in [5.74, 6) is -1.43. The van der Waals surface area contributed by atoms with Crippen molar-refractivity contribution in [3.05, 3.63) is 63.6 Å². The van der Waals surface area contributed by atoms with Crippen LogP contribution in [0.25, 0.3) is 0 Å². The summed E-state index contributed by atoms with van der Waals surface area (Å²) in [7, 11) is 0. The van der Waals surface area contributed by atoms with Crippen molar-refractivity contribution in [3.8, 4) is 0 Å². The van der Waals surface area contributed by atoms with Crippen LogP contribution in [0.2, 0.25) is 0 Å². The molecule has 2 aromatic carbocycles. The minimum atomic E-state index is -1.09. The van der Waals surface area contributed by atoms with Crippen LogP contribution >= 0.6 is 15.9 Å². The molecule has 2 N–H and O–H groups in total. The van der Waals surface area contributed by atoms with Gasteiger partial charge in [-0.25, -0.2) is 4.79 Å². The number of hydrogen-bond acceptors (Lipinski definition) is 2. The quantitative estimate of drug-likeness (QED) is 0.899. The topological polar surface area (TPSA) is 66.4 Å². The minimum Gasteiger partial charge on any atom is -0.478 e. The first-order valence-electron chi connectivity index (χ1n) is 5.88. The largest absolute Gasteiger partial charge is 0.478 e. The van der Waals surface area contributed by atoms with Crippen LogP contribution in [0.3, 0.4) is 0 Å². The van der Waals surface area contributed by atoms with Crippen molar-refractivity contribution in [1.82, 2.24) is 0 Å². The van der Waals surface area contributed by atoms with Crippen LogP contribution in [0.4, 0.5) is 5.69 Å². The third kappa shape index (κ3) is 3.24. The van der Waals surface area contributed by atoms with Crippen LogP contribution in [-0.4, -0.2) is 17.0 Å². The zero-order valence-electron chi connectivity index (χ0n) is 10.7. The number of aryl methyl sites for hydroxylation is 1. The molecule has 0 atom stereocenters. The molecule has 0 radical (unpaired) electrons. The molecule has 2 rings (SSSR count). The maximum atomic E-state index is 12.1. The van der Waals surface area contributed by atoms with Crippen molar-refractivity contribution in [2.75, 3.05) is 5.32 Å². The molecule has 4 nitrogen and oxygen atoms in total. The summed E-state index contributed by atoms with van der Waals surface area (Å²) in [5.41, 5.74) is 1.84. The molecule has 0 fully saturated rings. The molecular formula is C15H12BrNO3. The summed E-state index contributed by atoms with van der Waals surface area (Å²) < 4.78 is 0.642. The fourth-order valence-electron chi connectivity index (χ4n) is 1.70. The van der Waals surface area contributed by atoms with Crippen molar-refractivity contribution >= 4 is 33.5 Å². The van der Waals surface area contributed by atoms with Gasteiger partial charge >= 0.3 is 5.97 Å². The molecule has 0 bridgehead atoms. The van der Waals surface area contributed by atoms with Crippen molar-refractivity contribution in [2.24, 2.45) is 0 Å². The lowest BCUT2D eigenvalue weighted by molar-refractivity contribution is 0.0698. The number of benzene rings is 2. The van der Waals surface area contributed by atoms with E-state index < -0.39 is 5.97 Å². The summed E-state index contributed by atoms with van der Waals surface area (Å²) in [6.07, 6.45) is 0. The molecule has 20 heavy (non-hydrogen) atoms. The van der Waals surface area contributed by atoms with E-state index in [2.05, 4.69) is 21.2 Å². The van der Waals surface area contributed by atoms with Crippen molar-refractivity contribution in [3.63, 3.8) is 0 Å². The number of carboxylic acid groups (broad SMARTS) is 1. The standard InChI is InChI=1S/C15H12BrNO3/c1-9-2-4-10(5-3-9)14(18)17-13-7-6-11(16)8-12(13)15(19)20/h2-8H,1H3,(H,17,18)(H,19,20). The van der Waals surface area contributed by atoms with Gasteiger partial charge in [-0.3, -0.25) is 4.79 Å². The molecule has 0 heterocycles. The summed E-state index contributed by atoms with van der Waals surface area (Å²) in [6, 6.07) is 11.7. The molecule has 0 spiro atoms. The Morgan fingerprint density at radius 2 is 1.75 bits per heavy atom. The Bertz CT molecular complexity index is 665. The highest BCUT2D eigenvalue weighted by molar-refractivity contribution is 9.10. The highest BCUT2D eigenvalue weighted by Gasteiger charge is 2.13. The molecule has 0 saturated carbocycles. The highest BCUT2D eigenvalue weighted by Crippen LogP contribution is 2.21. The van der Waals surface area contributed by atoms with Crippen LogP contribution in [0.1, 0.15) is 26.3 Å². The summed E-state index contributed by atoms with van der Waals surface area (Å²) in [4.78, 5) is 23.2. The first-order valence-corrected chi connectivity index (χ1v) is 6.67. The fourth-order valence-corrected chi connectivity index (χ4v) is 2.06. The Morgan fingerprint density at radius 1 is 1.10 bits per heavy atom. The van der Waals surface area contributed by atoms with Crippen LogP contribution in [0.15, 0.2) is 46.9 Å². The Kier molecular flexibility index (Phi) is 4.20. The maximum absolute atomic E-state index is 12.1. The van der Waals surface area contributed by atoms with Crippen molar-refractivity contribution in [2.45, 2.75) is 6.92 Å². The lowest BCUT2D eigenvalue weighted by Gasteiger charge is -2.09. The monoisotopic (exact) mass is 333 g/mol. The number of aromatic carboxylic acids is 1. The molecule has 102 valence electrons. The number of carbonyl (C=O) groups is 2. The van der Waals surface area contributed by atoms with Gasteiger partial charge in [-0.05, 0) is 37.3 Å². The van der Waals surface area contributed by atoms with E-state index in [1.54, 1.807) is 24.3 Å². The molecule has 0 aliphatic rings. The van der Waals surface area contributed by atoms with E-state index in [0.29, 0.717) is 10.0 Å². The van der Waals surface area contributed by atoms with E-state index in [1.165, 1.54) is 6.07 Å². The average molecular weight is 334 g/mol. The SMILES string of the molecule is Cc1ccc(C(=O)Nc2ccc(Br)cc2C(=O)O)cc1. The zero-order valence-corrected chi connectivity index (χ0v) is 12.3. The third-order valence-corrected chi connectivity index (χ3v) is 3.27. The van der Waals surface area contributed by atoms with Gasteiger partial charge in [0, 0.05) is 10.0 Å². The maximum Gasteiger partial charge on any atom is 0.337 e. The lowest BCUT2D eigenvalue weighted by Crippen LogP contribution is -2.14. The van der Waals surface area contributed by atoms with Gasteiger partial charge in [-0.15, -0.1) is 0 Å². The van der Waals surface area contributed by atoms with Gasteiger partial charge in [-0.2, -0.15) is 0 Å². The van der Waals surface area contributed by atoms with E-state index in [4.69, 9.17) is 5.11 Å². The van der Waals surface area contributed by atoms with E-state index >= 15 is 0 Å². The lowest BCUT2D eigenvalue weighted by atomic mass is 10.1. The van der Waals surface area contributed by atoms with Gasteiger partial charge in [0.25, 0.3) is 5.91 Å². The van der Waals surface area contributed by atoms with E-state index in [9.17, 15) is 9.59 Å². The van der Waals surface area contributed by atoms with E-state index in [-0.39, 0.29) is 17.2 Å². The number of halogens is 1. The zero-order chi connectivity index (χ0) is 14.7. The van der Waals surface area contributed by atoms with Gasteiger partial charge in [0.2, 0.25) is 0 Å². The molecule has 1 amide bonds. The number of carbonyl (C=O) groups excluding carboxylic acids is 1. The number of anilines is 1. The number of hydrogen-bond donors (Lipinski definition) is 2. The normalized spacial score (nSPS) is 10.1. The predicted molar refractivity (Wildman–Crippen MR) is 80.2 cm³/mol. The molecule has 0 unspecified atom stereocenters. The first kappa shape index (κ1) is 14.3. The number of rotatable bonds is 3. The molecule has 5 heteroatoms. The molecular weight excluding hydrogens is 322 g/mol. The second kappa shape index (κ2) is 5.88. The molecule has 0 aliphatic heterocycles. The Morgan fingerprint density at radius 3 is 2.35 bits per heavy atom. The Balaban J connectivity index is 2.28. The number of nitrogens with one attached hydrogen (secondary N) is 1. The molecule has 0 aromatic heterocycles. The van der Waals surface area contributed by atoms with Crippen LogP contribution in [0.5, 0.6) is 0 Å². The summed E-state index contributed by atoms with van der Waals surface area (Å²) in [5, 5.41) is 11.8. The van der Waals surface area contributed by atoms with Gasteiger partial charge in [0.1, 0.15) is 0 Å². The summed E-state index contributed by atoms with van der Waals surface area (Å²) >= 11 is 3.21. The van der Waals surface area contributed by atoms with Gasteiger partial charge < -0.3 is 10.4 Å². The van der Waals surface area contributed by atoms with Crippen molar-refractivity contribution in [1.29, 1.82) is 0 Å². The molecule has 0 saturated heterocycles. The van der Waals surface area contributed by atoms with Crippen molar-refractivity contribution < 1.29 is 14.7 Å². The first-order chi connectivity index (χ1) is 9.47. The number of carboxylic acids is 1. The highest BCUT2D eigenvalue weighted by atomic mass is 79.9. The van der Waals surface area contributed by atoms with Crippen LogP contribution in [0, 0.1) is 6.92 Å². The van der Waals surface area contributed by atoms with E-state index in [1.807, 2.05) is 19.1 Å². The van der Waals surface area contributed by atoms with Gasteiger partial charge in [0.05, 0.1) is 11.3 Å². The fraction of sp³-hybridized carbons (Fsp3) is 0.0667. The Hall–Kier alpha value is -2.14. The smallest absolute Gasteiger partial charge is 0.337 e. The molecule has 2 aromatic rings. The third-order valence-electron chi connectivity index (χ3n) is 2.77. The van der Waals surface area contributed by atoms with Gasteiger partial charge in [0.15, 0.2) is 0 Å². The second-order valence-corrected chi connectivity index (χ2v) is 5.23. The summed E-state index contributed by atoms with van der Waals surface area (Å²) in [6.45, 7) is 1.93. The predicted octanol–water partition coefficient (Wildman–Crippen LogP) is 3.71. The average Bonchev–Trinajstić information content (AvgIpc) is 2.41. The molecule has 0 aliphatic carbocycles. The van der Waals surface area contributed by atoms with Gasteiger partial charge in [-0.1, -0.05) is 33.6 Å². The second-order valence-electron chi connectivity index (χ2n) is 4.32. The Labute approximate surface area is 124 Å². The van der Waals surface area contributed by atoms with Crippen LogP contribution in [-0.2, 0) is 0 Å². The van der Waals surface area contributed by atoms with E-state index in [0.717, 1.165) is 5.56 Å². The number of amides is 1.